The second-order valence-electron chi connectivity index (χ2n) is 9.17. The summed E-state index contributed by atoms with van der Waals surface area (Å²) >= 11 is 6.48. The van der Waals surface area contributed by atoms with Gasteiger partial charge in [0.05, 0.1) is 0 Å². The Hall–Kier alpha value is -2.37. The van der Waals surface area contributed by atoms with Crippen LogP contribution in [0.2, 0.25) is 5.02 Å². The van der Waals surface area contributed by atoms with Crippen LogP contribution in [0.1, 0.15) is 55.5 Å². The number of amides is 2. The molecule has 1 aliphatic carbocycles. The second kappa shape index (κ2) is 10.3. The van der Waals surface area contributed by atoms with Crippen LogP contribution in [-0.2, 0) is 11.3 Å². The molecular formula is C25H32ClN3O2. The molecule has 6 heteroatoms. The van der Waals surface area contributed by atoms with Gasteiger partial charge in [-0.05, 0) is 60.7 Å². The largest absolute Gasteiger partial charge is 0.334 e. The van der Waals surface area contributed by atoms with Gasteiger partial charge in [-0.15, -0.1) is 0 Å². The van der Waals surface area contributed by atoms with E-state index in [0.717, 1.165) is 31.2 Å². The van der Waals surface area contributed by atoms with Crippen molar-refractivity contribution in [2.24, 2.45) is 17.1 Å². The Balaban J connectivity index is 1.82. The van der Waals surface area contributed by atoms with E-state index in [2.05, 4.69) is 5.32 Å². The molecular weight excluding hydrogens is 410 g/mol. The number of rotatable bonds is 8. The Kier molecular flexibility index (Phi) is 7.74. The fourth-order valence-corrected chi connectivity index (χ4v) is 4.13. The molecule has 0 bridgehead atoms. The van der Waals surface area contributed by atoms with Crippen LogP contribution >= 0.6 is 11.6 Å². The summed E-state index contributed by atoms with van der Waals surface area (Å²) in [7, 11) is 0. The number of halogens is 1. The number of hydrogen-bond acceptors (Lipinski definition) is 3. The van der Waals surface area contributed by atoms with Crippen LogP contribution in [0.5, 0.6) is 0 Å². The van der Waals surface area contributed by atoms with Gasteiger partial charge in [-0.2, -0.15) is 0 Å². The maximum Gasteiger partial charge on any atom is 0.254 e. The van der Waals surface area contributed by atoms with Crippen molar-refractivity contribution >= 4 is 29.1 Å². The first-order valence-electron chi connectivity index (χ1n) is 10.9. The van der Waals surface area contributed by atoms with Gasteiger partial charge in [-0.25, -0.2) is 0 Å². The topological polar surface area (TPSA) is 75.4 Å². The van der Waals surface area contributed by atoms with E-state index in [-0.39, 0.29) is 23.1 Å². The summed E-state index contributed by atoms with van der Waals surface area (Å²) in [5, 5.41) is 3.59. The molecule has 0 aliphatic heterocycles. The van der Waals surface area contributed by atoms with Gasteiger partial charge in [0.25, 0.3) is 5.91 Å². The van der Waals surface area contributed by atoms with Crippen LogP contribution in [0.3, 0.4) is 0 Å². The maximum absolute atomic E-state index is 13.3. The average molecular weight is 442 g/mol. The van der Waals surface area contributed by atoms with Gasteiger partial charge in [-0.1, -0.05) is 56.5 Å². The van der Waals surface area contributed by atoms with Gasteiger partial charge in [0.1, 0.15) is 0 Å². The number of carbonyl (C=O) groups is 2. The van der Waals surface area contributed by atoms with Crippen molar-refractivity contribution < 1.29 is 9.59 Å². The summed E-state index contributed by atoms with van der Waals surface area (Å²) in [4.78, 5) is 27.6. The fraction of sp³-hybridized carbons (Fsp3) is 0.440. The molecule has 5 nitrogen and oxygen atoms in total. The minimum Gasteiger partial charge on any atom is -0.334 e. The molecule has 2 aromatic rings. The zero-order chi connectivity index (χ0) is 22.4. The van der Waals surface area contributed by atoms with E-state index in [1.165, 1.54) is 0 Å². The summed E-state index contributed by atoms with van der Waals surface area (Å²) in [6.45, 7) is 5.36. The molecule has 0 unspecified atom stereocenters. The van der Waals surface area contributed by atoms with Crippen molar-refractivity contribution in [3.8, 4) is 0 Å². The molecule has 3 N–H and O–H groups in total. The SMILES string of the molecule is CC(C)(CN)CN(Cc1cc(NC(=O)C2CCCC2)ccc1Cl)C(=O)c1ccccc1. The summed E-state index contributed by atoms with van der Waals surface area (Å²) in [5.41, 5.74) is 7.83. The number of nitrogens with two attached hydrogens (primary N) is 1. The van der Waals surface area contributed by atoms with E-state index in [1.807, 2.05) is 56.3 Å². The Morgan fingerprint density at radius 2 is 1.81 bits per heavy atom. The molecule has 0 radical (unpaired) electrons. The highest BCUT2D eigenvalue weighted by Gasteiger charge is 2.26. The quantitative estimate of drug-likeness (QED) is 0.598. The average Bonchev–Trinajstić information content (AvgIpc) is 3.31. The number of hydrogen-bond donors (Lipinski definition) is 2. The number of nitrogens with one attached hydrogen (secondary N) is 1. The van der Waals surface area contributed by atoms with Crippen molar-refractivity contribution in [3.63, 3.8) is 0 Å². The fourth-order valence-electron chi connectivity index (χ4n) is 3.96. The normalized spacial score (nSPS) is 14.5. The minimum atomic E-state index is -0.245. The lowest BCUT2D eigenvalue weighted by Crippen LogP contribution is -2.41. The van der Waals surface area contributed by atoms with Crippen LogP contribution < -0.4 is 11.1 Å². The first-order chi connectivity index (χ1) is 14.8. The third kappa shape index (κ3) is 6.31. The molecule has 166 valence electrons. The van der Waals surface area contributed by atoms with Crippen molar-refractivity contribution in [2.45, 2.75) is 46.1 Å². The minimum absolute atomic E-state index is 0.0623. The van der Waals surface area contributed by atoms with Gasteiger partial charge >= 0.3 is 0 Å². The Morgan fingerprint density at radius 3 is 2.45 bits per heavy atom. The highest BCUT2D eigenvalue weighted by atomic mass is 35.5. The number of anilines is 1. The summed E-state index contributed by atoms with van der Waals surface area (Å²) in [6, 6.07) is 14.7. The third-order valence-corrected chi connectivity index (χ3v) is 6.25. The highest BCUT2D eigenvalue weighted by molar-refractivity contribution is 6.31. The lowest BCUT2D eigenvalue weighted by molar-refractivity contribution is -0.119. The predicted octanol–water partition coefficient (Wildman–Crippen LogP) is 5.10. The molecule has 31 heavy (non-hydrogen) atoms. The maximum atomic E-state index is 13.3. The zero-order valence-corrected chi connectivity index (χ0v) is 19.1. The van der Waals surface area contributed by atoms with Gasteiger partial charge in [-0.3, -0.25) is 9.59 Å². The molecule has 0 saturated heterocycles. The van der Waals surface area contributed by atoms with Crippen molar-refractivity contribution in [1.29, 1.82) is 0 Å². The standard InChI is InChI=1S/C25H32ClN3O2/c1-25(2,16-27)17-29(24(31)19-10-4-3-5-11-19)15-20-14-21(12-13-22(20)26)28-23(30)18-8-6-7-9-18/h3-5,10-14,18H,6-9,15-17,27H2,1-2H3,(H,28,30). The number of carbonyl (C=O) groups excluding carboxylic acids is 2. The summed E-state index contributed by atoms with van der Waals surface area (Å²) in [5.74, 6) is 0.0754. The molecule has 2 amide bonds. The molecule has 1 fully saturated rings. The monoisotopic (exact) mass is 441 g/mol. The van der Waals surface area contributed by atoms with Crippen molar-refractivity contribution in [3.05, 3.63) is 64.7 Å². The smallest absolute Gasteiger partial charge is 0.254 e. The van der Waals surface area contributed by atoms with E-state index in [1.54, 1.807) is 11.0 Å². The van der Waals surface area contributed by atoms with Crippen LogP contribution in [0.15, 0.2) is 48.5 Å². The Labute approximate surface area is 190 Å². The molecule has 1 saturated carbocycles. The Morgan fingerprint density at radius 1 is 1.13 bits per heavy atom. The lowest BCUT2D eigenvalue weighted by atomic mass is 9.92. The van der Waals surface area contributed by atoms with Crippen LogP contribution in [0.4, 0.5) is 5.69 Å². The summed E-state index contributed by atoms with van der Waals surface area (Å²) < 4.78 is 0. The van der Waals surface area contributed by atoms with E-state index in [0.29, 0.717) is 35.9 Å². The molecule has 2 aromatic carbocycles. The van der Waals surface area contributed by atoms with Crippen LogP contribution in [0.25, 0.3) is 0 Å². The van der Waals surface area contributed by atoms with E-state index < -0.39 is 0 Å². The number of benzene rings is 2. The van der Waals surface area contributed by atoms with Crippen molar-refractivity contribution in [2.75, 3.05) is 18.4 Å². The van der Waals surface area contributed by atoms with Crippen LogP contribution in [0, 0.1) is 11.3 Å². The van der Waals surface area contributed by atoms with E-state index in [4.69, 9.17) is 17.3 Å². The molecule has 0 heterocycles. The van der Waals surface area contributed by atoms with E-state index >= 15 is 0 Å². The molecule has 0 atom stereocenters. The third-order valence-electron chi connectivity index (χ3n) is 5.88. The molecule has 1 aliphatic rings. The molecule has 0 spiro atoms. The van der Waals surface area contributed by atoms with Crippen molar-refractivity contribution in [1.82, 2.24) is 4.90 Å². The van der Waals surface area contributed by atoms with E-state index in [9.17, 15) is 9.59 Å². The van der Waals surface area contributed by atoms with Crippen LogP contribution in [-0.4, -0.2) is 29.8 Å². The zero-order valence-electron chi connectivity index (χ0n) is 18.4. The van der Waals surface area contributed by atoms with Gasteiger partial charge in [0.2, 0.25) is 5.91 Å². The van der Waals surface area contributed by atoms with Gasteiger partial charge in [0.15, 0.2) is 0 Å². The Bertz CT molecular complexity index is 908. The summed E-state index contributed by atoms with van der Waals surface area (Å²) in [6.07, 6.45) is 4.11. The van der Waals surface area contributed by atoms with Gasteiger partial charge < -0.3 is 16.0 Å². The molecule has 3 rings (SSSR count). The predicted molar refractivity (Wildman–Crippen MR) is 126 cm³/mol. The lowest BCUT2D eigenvalue weighted by Gasteiger charge is -2.32. The first-order valence-corrected chi connectivity index (χ1v) is 11.3. The first kappa shape index (κ1) is 23.3. The number of nitrogens with zero attached hydrogens (tertiary/aromatic N) is 1. The second-order valence-corrected chi connectivity index (χ2v) is 9.58. The van der Waals surface area contributed by atoms with Gasteiger partial charge in [0, 0.05) is 35.3 Å². The highest BCUT2D eigenvalue weighted by Crippen LogP contribution is 2.28. The molecule has 0 aromatic heterocycles.